The zero-order valence-corrected chi connectivity index (χ0v) is 10.9. The third kappa shape index (κ3) is 3.38. The zero-order valence-electron chi connectivity index (χ0n) is 8.49. The number of hydrogen-bond donors (Lipinski definition) is 1. The predicted molar refractivity (Wildman–Crippen MR) is 69.1 cm³/mol. The molecule has 15 heavy (non-hydrogen) atoms. The van der Waals surface area contributed by atoms with Gasteiger partial charge in [-0.15, -0.1) is 11.3 Å². The summed E-state index contributed by atoms with van der Waals surface area (Å²) in [6.45, 7) is 0. The fourth-order valence-corrected chi connectivity index (χ4v) is 4.33. The van der Waals surface area contributed by atoms with Crippen LogP contribution in [0.5, 0.6) is 0 Å². The third-order valence-electron chi connectivity index (χ3n) is 2.68. The second kappa shape index (κ2) is 5.58. The van der Waals surface area contributed by atoms with Gasteiger partial charge >= 0.3 is 0 Å². The zero-order chi connectivity index (χ0) is 10.7. The summed E-state index contributed by atoms with van der Waals surface area (Å²) in [7, 11) is 0. The van der Waals surface area contributed by atoms with Gasteiger partial charge in [0.1, 0.15) is 0 Å². The molecule has 0 amide bonds. The Morgan fingerprint density at radius 2 is 2.33 bits per heavy atom. The molecule has 0 spiro atoms. The molecule has 1 aromatic heterocycles. The highest BCUT2D eigenvalue weighted by atomic mass is 35.5. The van der Waals surface area contributed by atoms with Gasteiger partial charge in [-0.05, 0) is 30.7 Å². The summed E-state index contributed by atoms with van der Waals surface area (Å²) in [4.78, 5) is 1.19. The number of aliphatic hydroxyl groups is 1. The number of thioether (sulfide) groups is 1. The molecule has 1 nitrogen and oxygen atoms in total. The van der Waals surface area contributed by atoms with Gasteiger partial charge in [0.2, 0.25) is 0 Å². The Labute approximate surface area is 104 Å². The molecule has 1 fully saturated rings. The molecule has 2 heterocycles. The average Bonchev–Trinajstić information content (AvgIpc) is 2.65. The molecule has 1 N–H and O–H groups in total. The highest BCUT2D eigenvalue weighted by Crippen LogP contribution is 2.30. The molecule has 2 rings (SSSR count). The molecule has 2 atom stereocenters. The van der Waals surface area contributed by atoms with E-state index >= 15 is 0 Å². The molecule has 1 aliphatic rings. The molecule has 0 aromatic carbocycles. The number of halogens is 1. The van der Waals surface area contributed by atoms with Crippen LogP contribution < -0.4 is 0 Å². The summed E-state index contributed by atoms with van der Waals surface area (Å²) in [5.74, 6) is 1.20. The van der Waals surface area contributed by atoms with E-state index in [1.807, 2.05) is 23.9 Å². The van der Waals surface area contributed by atoms with Crippen LogP contribution in [0.1, 0.15) is 24.1 Å². The van der Waals surface area contributed by atoms with Crippen LogP contribution in [0.4, 0.5) is 0 Å². The maximum absolute atomic E-state index is 10.1. The second-order valence-corrected chi connectivity index (χ2v) is 7.03. The lowest BCUT2D eigenvalue weighted by atomic mass is 10.1. The van der Waals surface area contributed by atoms with Gasteiger partial charge in [0.15, 0.2) is 0 Å². The van der Waals surface area contributed by atoms with E-state index in [4.69, 9.17) is 11.6 Å². The number of hydrogen-bond acceptors (Lipinski definition) is 3. The Hall–Kier alpha value is 0.300. The molecule has 1 aliphatic heterocycles. The van der Waals surface area contributed by atoms with Crippen molar-refractivity contribution in [2.75, 3.05) is 5.75 Å². The van der Waals surface area contributed by atoms with E-state index < -0.39 is 0 Å². The topological polar surface area (TPSA) is 20.2 Å². The first-order chi connectivity index (χ1) is 7.25. The summed E-state index contributed by atoms with van der Waals surface area (Å²) in [6.07, 6.45) is 4.28. The van der Waals surface area contributed by atoms with Crippen LogP contribution in [0.2, 0.25) is 4.34 Å². The summed E-state index contributed by atoms with van der Waals surface area (Å²) in [5.41, 5.74) is 0. The largest absolute Gasteiger partial charge is 0.392 e. The Morgan fingerprint density at radius 1 is 1.47 bits per heavy atom. The van der Waals surface area contributed by atoms with Crippen LogP contribution in [-0.2, 0) is 6.42 Å². The standard InChI is InChI=1S/C11H15ClOS2/c12-11-5-4-8(15-11)7-9(13)10-3-1-2-6-14-10/h4-5,9-10,13H,1-3,6-7H2. The third-order valence-corrected chi connectivity index (χ3v) is 5.44. The lowest BCUT2D eigenvalue weighted by Gasteiger charge is -2.25. The van der Waals surface area contributed by atoms with E-state index in [0.29, 0.717) is 5.25 Å². The lowest BCUT2D eigenvalue weighted by Crippen LogP contribution is -2.27. The molecule has 1 saturated heterocycles. The minimum Gasteiger partial charge on any atom is -0.392 e. The van der Waals surface area contributed by atoms with E-state index in [1.54, 1.807) is 11.3 Å². The predicted octanol–water partition coefficient (Wildman–Crippen LogP) is 3.59. The SMILES string of the molecule is OC(Cc1ccc(Cl)s1)C1CCCCS1. The van der Waals surface area contributed by atoms with Crippen LogP contribution in [0.3, 0.4) is 0 Å². The maximum Gasteiger partial charge on any atom is 0.0931 e. The molecule has 84 valence electrons. The lowest BCUT2D eigenvalue weighted by molar-refractivity contribution is 0.167. The minimum absolute atomic E-state index is 0.204. The van der Waals surface area contributed by atoms with Crippen molar-refractivity contribution >= 4 is 34.7 Å². The summed E-state index contributed by atoms with van der Waals surface area (Å²) in [6, 6.07) is 3.92. The van der Waals surface area contributed by atoms with Gasteiger partial charge in [-0.3, -0.25) is 0 Å². The number of aliphatic hydroxyl groups excluding tert-OH is 1. The van der Waals surface area contributed by atoms with Gasteiger partial charge in [0, 0.05) is 16.5 Å². The molecule has 0 radical (unpaired) electrons. The van der Waals surface area contributed by atoms with Crippen LogP contribution >= 0.6 is 34.7 Å². The molecule has 0 aliphatic carbocycles. The van der Waals surface area contributed by atoms with Crippen LogP contribution in [-0.4, -0.2) is 22.2 Å². The van der Waals surface area contributed by atoms with Crippen LogP contribution in [0, 0.1) is 0 Å². The molecular formula is C11H15ClOS2. The smallest absolute Gasteiger partial charge is 0.0931 e. The molecule has 1 aromatic rings. The Morgan fingerprint density at radius 3 is 2.93 bits per heavy atom. The van der Waals surface area contributed by atoms with E-state index in [-0.39, 0.29) is 6.10 Å². The van der Waals surface area contributed by atoms with Gasteiger partial charge in [-0.25, -0.2) is 0 Å². The Balaban J connectivity index is 1.88. The first kappa shape index (κ1) is 11.8. The molecule has 0 saturated carbocycles. The number of thiophene rings is 1. The van der Waals surface area contributed by atoms with Crippen molar-refractivity contribution in [3.8, 4) is 0 Å². The quantitative estimate of drug-likeness (QED) is 0.898. The maximum atomic E-state index is 10.1. The van der Waals surface area contributed by atoms with Crippen molar-refractivity contribution in [1.82, 2.24) is 0 Å². The fourth-order valence-electron chi connectivity index (χ4n) is 1.87. The summed E-state index contributed by atoms with van der Waals surface area (Å²) >= 11 is 9.36. The van der Waals surface area contributed by atoms with Gasteiger partial charge in [0.05, 0.1) is 10.4 Å². The molecule has 0 bridgehead atoms. The summed E-state index contributed by atoms with van der Waals surface area (Å²) in [5, 5.41) is 10.5. The van der Waals surface area contributed by atoms with Gasteiger partial charge in [0.25, 0.3) is 0 Å². The minimum atomic E-state index is -0.204. The fraction of sp³-hybridized carbons (Fsp3) is 0.636. The average molecular weight is 263 g/mol. The highest BCUT2D eigenvalue weighted by Gasteiger charge is 2.22. The second-order valence-electron chi connectivity index (χ2n) is 3.88. The summed E-state index contributed by atoms with van der Waals surface area (Å²) < 4.78 is 0.813. The van der Waals surface area contributed by atoms with E-state index in [2.05, 4.69) is 0 Å². The Bertz CT molecular complexity index is 307. The Kier molecular flexibility index (Phi) is 4.38. The van der Waals surface area contributed by atoms with Crippen molar-refractivity contribution in [3.63, 3.8) is 0 Å². The van der Waals surface area contributed by atoms with Crippen LogP contribution in [0.15, 0.2) is 12.1 Å². The van der Waals surface area contributed by atoms with E-state index in [1.165, 1.54) is 23.5 Å². The number of rotatable bonds is 3. The molecular weight excluding hydrogens is 248 g/mol. The van der Waals surface area contributed by atoms with E-state index in [0.717, 1.165) is 17.2 Å². The first-order valence-electron chi connectivity index (χ1n) is 5.29. The van der Waals surface area contributed by atoms with Crippen molar-refractivity contribution < 1.29 is 5.11 Å². The van der Waals surface area contributed by atoms with Gasteiger partial charge < -0.3 is 5.11 Å². The van der Waals surface area contributed by atoms with Gasteiger partial charge in [-0.1, -0.05) is 18.0 Å². The van der Waals surface area contributed by atoms with Crippen molar-refractivity contribution in [2.45, 2.75) is 37.0 Å². The first-order valence-corrected chi connectivity index (χ1v) is 7.54. The monoisotopic (exact) mass is 262 g/mol. The normalized spacial score (nSPS) is 24.0. The van der Waals surface area contributed by atoms with Crippen molar-refractivity contribution in [3.05, 3.63) is 21.3 Å². The highest BCUT2D eigenvalue weighted by molar-refractivity contribution is 8.00. The molecule has 4 heteroatoms. The van der Waals surface area contributed by atoms with Crippen molar-refractivity contribution in [2.24, 2.45) is 0 Å². The molecule has 2 unspecified atom stereocenters. The van der Waals surface area contributed by atoms with E-state index in [9.17, 15) is 5.11 Å². The van der Waals surface area contributed by atoms with Crippen molar-refractivity contribution in [1.29, 1.82) is 0 Å². The van der Waals surface area contributed by atoms with Crippen LogP contribution in [0.25, 0.3) is 0 Å². The van der Waals surface area contributed by atoms with Gasteiger partial charge in [-0.2, -0.15) is 11.8 Å².